The minimum absolute atomic E-state index is 0.208. The summed E-state index contributed by atoms with van der Waals surface area (Å²) in [6, 6.07) is 10.4. The summed E-state index contributed by atoms with van der Waals surface area (Å²) >= 11 is 0. The van der Waals surface area contributed by atoms with Gasteiger partial charge in [0.2, 0.25) is 0 Å². The molecule has 2 aromatic carbocycles. The first-order valence-electron chi connectivity index (χ1n) is 8.84. The Morgan fingerprint density at radius 3 is 2.00 bits per heavy atom. The molecule has 0 spiro atoms. The standard InChI is InChI=1S/C20H25N3O2/c1-3-23(4-2)11-5-10-21-20-16-12-14(24)6-8-18(16)22-19-9-7-15(25)13-17(19)20/h6-9,12-13,24-25H,3-5,10-11H2,1-2H3,(H,21,22). The number of nitrogens with one attached hydrogen (secondary N) is 1. The summed E-state index contributed by atoms with van der Waals surface area (Å²) in [4.78, 5) is 7.02. The molecule has 1 heterocycles. The Morgan fingerprint density at radius 2 is 1.48 bits per heavy atom. The second-order valence-electron chi connectivity index (χ2n) is 6.20. The molecule has 3 N–H and O–H groups in total. The van der Waals surface area contributed by atoms with Crippen molar-refractivity contribution in [2.24, 2.45) is 0 Å². The molecule has 0 bridgehead atoms. The largest absolute Gasteiger partial charge is 0.508 e. The van der Waals surface area contributed by atoms with Gasteiger partial charge in [0.05, 0.1) is 16.7 Å². The summed E-state index contributed by atoms with van der Waals surface area (Å²) in [5.74, 6) is 0.417. The quantitative estimate of drug-likeness (QED) is 0.449. The van der Waals surface area contributed by atoms with Crippen LogP contribution in [0.5, 0.6) is 11.5 Å². The molecule has 0 aliphatic rings. The number of phenols is 2. The van der Waals surface area contributed by atoms with Crippen molar-refractivity contribution in [2.75, 3.05) is 31.5 Å². The van der Waals surface area contributed by atoms with Crippen molar-refractivity contribution in [1.29, 1.82) is 0 Å². The lowest BCUT2D eigenvalue weighted by Gasteiger charge is -2.19. The molecule has 3 aromatic rings. The van der Waals surface area contributed by atoms with E-state index in [2.05, 4.69) is 29.0 Å². The number of fused-ring (bicyclic) bond motifs is 2. The number of nitrogens with zero attached hydrogens (tertiary/aromatic N) is 2. The second-order valence-corrected chi connectivity index (χ2v) is 6.20. The van der Waals surface area contributed by atoms with Crippen LogP contribution in [-0.2, 0) is 0 Å². The van der Waals surface area contributed by atoms with Gasteiger partial charge in [-0.05, 0) is 62.5 Å². The van der Waals surface area contributed by atoms with Crippen LogP contribution in [0.15, 0.2) is 36.4 Å². The maximum absolute atomic E-state index is 9.88. The van der Waals surface area contributed by atoms with Crippen molar-refractivity contribution in [2.45, 2.75) is 20.3 Å². The van der Waals surface area contributed by atoms with E-state index in [1.54, 1.807) is 24.3 Å². The molecule has 1 aromatic heterocycles. The van der Waals surface area contributed by atoms with Gasteiger partial charge >= 0.3 is 0 Å². The molecule has 132 valence electrons. The van der Waals surface area contributed by atoms with E-state index in [9.17, 15) is 10.2 Å². The van der Waals surface area contributed by atoms with Crippen LogP contribution in [0.1, 0.15) is 20.3 Å². The summed E-state index contributed by atoms with van der Waals surface area (Å²) < 4.78 is 0. The molecular formula is C20H25N3O2. The average Bonchev–Trinajstić information content (AvgIpc) is 2.61. The highest BCUT2D eigenvalue weighted by atomic mass is 16.3. The molecule has 5 heteroatoms. The van der Waals surface area contributed by atoms with Crippen LogP contribution in [-0.4, -0.2) is 46.3 Å². The summed E-state index contributed by atoms with van der Waals surface area (Å²) in [6.07, 6.45) is 1.02. The van der Waals surface area contributed by atoms with Gasteiger partial charge < -0.3 is 20.4 Å². The number of pyridine rings is 1. The monoisotopic (exact) mass is 339 g/mol. The normalized spacial score (nSPS) is 11.5. The highest BCUT2D eigenvalue weighted by Gasteiger charge is 2.11. The fourth-order valence-corrected chi connectivity index (χ4v) is 3.16. The highest BCUT2D eigenvalue weighted by Crippen LogP contribution is 2.34. The number of rotatable bonds is 7. The maximum atomic E-state index is 9.88. The molecule has 0 aliphatic heterocycles. The number of aromatic nitrogens is 1. The lowest BCUT2D eigenvalue weighted by molar-refractivity contribution is 0.303. The minimum Gasteiger partial charge on any atom is -0.508 e. The molecule has 0 unspecified atom stereocenters. The van der Waals surface area contributed by atoms with Crippen molar-refractivity contribution in [3.63, 3.8) is 0 Å². The van der Waals surface area contributed by atoms with Crippen LogP contribution in [0.2, 0.25) is 0 Å². The summed E-state index contributed by atoms with van der Waals surface area (Å²) in [7, 11) is 0. The Morgan fingerprint density at radius 1 is 0.920 bits per heavy atom. The number of benzene rings is 2. The summed E-state index contributed by atoms with van der Waals surface area (Å²) in [6.45, 7) is 8.31. The second kappa shape index (κ2) is 7.57. The van der Waals surface area contributed by atoms with Crippen molar-refractivity contribution in [3.05, 3.63) is 36.4 Å². The zero-order valence-electron chi connectivity index (χ0n) is 14.8. The molecule has 0 fully saturated rings. The predicted molar refractivity (Wildman–Crippen MR) is 103 cm³/mol. The van der Waals surface area contributed by atoms with Crippen molar-refractivity contribution >= 4 is 27.5 Å². The van der Waals surface area contributed by atoms with Crippen LogP contribution in [0.3, 0.4) is 0 Å². The molecular weight excluding hydrogens is 314 g/mol. The molecule has 0 aliphatic carbocycles. The first-order valence-corrected chi connectivity index (χ1v) is 8.84. The minimum atomic E-state index is 0.208. The highest BCUT2D eigenvalue weighted by molar-refractivity contribution is 6.08. The van der Waals surface area contributed by atoms with Gasteiger partial charge in [-0.3, -0.25) is 0 Å². The van der Waals surface area contributed by atoms with Crippen molar-refractivity contribution in [1.82, 2.24) is 9.88 Å². The topological polar surface area (TPSA) is 68.6 Å². The number of phenolic OH excluding ortho intramolecular Hbond substituents is 2. The summed E-state index contributed by atoms with van der Waals surface area (Å²) in [5, 5.41) is 25.0. The molecule has 25 heavy (non-hydrogen) atoms. The average molecular weight is 339 g/mol. The van der Waals surface area contributed by atoms with Gasteiger partial charge in [-0.25, -0.2) is 4.98 Å². The van der Waals surface area contributed by atoms with E-state index < -0.39 is 0 Å². The van der Waals surface area contributed by atoms with E-state index in [0.29, 0.717) is 0 Å². The SMILES string of the molecule is CCN(CC)CCCNc1c2cc(O)ccc2nc2ccc(O)cc12. The van der Waals surface area contributed by atoms with E-state index in [4.69, 9.17) is 0 Å². The Hall–Kier alpha value is -2.53. The van der Waals surface area contributed by atoms with Crippen molar-refractivity contribution < 1.29 is 10.2 Å². The lowest BCUT2D eigenvalue weighted by Crippen LogP contribution is -2.25. The number of anilines is 1. The molecule has 5 nitrogen and oxygen atoms in total. The first-order chi connectivity index (χ1) is 12.1. The van der Waals surface area contributed by atoms with E-state index >= 15 is 0 Å². The van der Waals surface area contributed by atoms with E-state index in [-0.39, 0.29) is 11.5 Å². The molecule has 3 rings (SSSR count). The van der Waals surface area contributed by atoms with Crippen LogP contribution < -0.4 is 5.32 Å². The Balaban J connectivity index is 1.94. The van der Waals surface area contributed by atoms with Crippen LogP contribution >= 0.6 is 0 Å². The van der Waals surface area contributed by atoms with Crippen molar-refractivity contribution in [3.8, 4) is 11.5 Å². The smallest absolute Gasteiger partial charge is 0.116 e. The third-order valence-electron chi connectivity index (χ3n) is 4.59. The zero-order chi connectivity index (χ0) is 17.8. The van der Waals surface area contributed by atoms with Gasteiger partial charge in [-0.15, -0.1) is 0 Å². The molecule has 0 amide bonds. The number of hydrogen-bond donors (Lipinski definition) is 3. The molecule has 0 saturated heterocycles. The van der Waals surface area contributed by atoms with Gasteiger partial charge in [-0.2, -0.15) is 0 Å². The number of aromatic hydroxyl groups is 2. The third kappa shape index (κ3) is 3.77. The lowest BCUT2D eigenvalue weighted by atomic mass is 10.1. The van der Waals surface area contributed by atoms with Gasteiger partial charge in [0.1, 0.15) is 11.5 Å². The molecule has 0 radical (unpaired) electrons. The number of hydrogen-bond acceptors (Lipinski definition) is 5. The third-order valence-corrected chi connectivity index (χ3v) is 4.59. The van der Waals surface area contributed by atoms with E-state index in [1.807, 2.05) is 12.1 Å². The fourth-order valence-electron chi connectivity index (χ4n) is 3.16. The van der Waals surface area contributed by atoms with Gasteiger partial charge in [0.25, 0.3) is 0 Å². The Labute approximate surface area is 147 Å². The van der Waals surface area contributed by atoms with Crippen LogP contribution in [0.25, 0.3) is 21.8 Å². The zero-order valence-corrected chi connectivity index (χ0v) is 14.8. The molecule has 0 saturated carbocycles. The predicted octanol–water partition coefficient (Wildman–Crippen LogP) is 3.94. The molecule has 0 atom stereocenters. The van der Waals surface area contributed by atoms with Crippen LogP contribution in [0.4, 0.5) is 5.69 Å². The van der Waals surface area contributed by atoms with Gasteiger partial charge in [0.15, 0.2) is 0 Å². The maximum Gasteiger partial charge on any atom is 0.116 e. The van der Waals surface area contributed by atoms with E-state index in [0.717, 1.165) is 60.1 Å². The Kier molecular flexibility index (Phi) is 5.24. The fraction of sp³-hybridized carbons (Fsp3) is 0.350. The van der Waals surface area contributed by atoms with Gasteiger partial charge in [0, 0.05) is 17.3 Å². The first kappa shape index (κ1) is 17.3. The summed E-state index contributed by atoms with van der Waals surface area (Å²) in [5.41, 5.74) is 2.55. The van der Waals surface area contributed by atoms with Crippen LogP contribution in [0, 0.1) is 0 Å². The Bertz CT molecular complexity index is 816. The van der Waals surface area contributed by atoms with E-state index in [1.165, 1.54) is 0 Å². The van der Waals surface area contributed by atoms with Gasteiger partial charge in [-0.1, -0.05) is 13.8 Å².